The Morgan fingerprint density at radius 1 is 1.12 bits per heavy atom. The monoisotopic (exact) mass is 464 g/mol. The SMILES string of the molecule is COc1cccc(/C=C2\Oc3cc(OCc4cc(Cl)cc5c4OCOC5)cc(C)c3C2=O)c1. The van der Waals surface area contributed by atoms with Gasteiger partial charge in [0.25, 0.3) is 0 Å². The molecule has 7 heteroatoms. The number of methoxy groups -OCH3 is 1. The van der Waals surface area contributed by atoms with Gasteiger partial charge in [-0.1, -0.05) is 23.7 Å². The fourth-order valence-corrected chi connectivity index (χ4v) is 4.23. The maximum atomic E-state index is 13.0. The molecule has 0 saturated carbocycles. The van der Waals surface area contributed by atoms with Gasteiger partial charge in [0.1, 0.15) is 29.6 Å². The number of hydrogen-bond donors (Lipinski definition) is 0. The molecule has 2 aliphatic heterocycles. The van der Waals surface area contributed by atoms with Crippen LogP contribution in [0.4, 0.5) is 0 Å². The first-order chi connectivity index (χ1) is 16.0. The van der Waals surface area contributed by atoms with Crippen LogP contribution in [0.15, 0.2) is 54.3 Å². The fourth-order valence-electron chi connectivity index (χ4n) is 3.97. The summed E-state index contributed by atoms with van der Waals surface area (Å²) in [6.45, 7) is 2.75. The number of carbonyl (C=O) groups excluding carboxylic acids is 1. The number of ketones is 1. The largest absolute Gasteiger partial charge is 0.497 e. The van der Waals surface area contributed by atoms with Gasteiger partial charge in [0.15, 0.2) is 12.6 Å². The molecule has 5 rings (SSSR count). The first-order valence-electron chi connectivity index (χ1n) is 10.4. The zero-order chi connectivity index (χ0) is 22.9. The minimum Gasteiger partial charge on any atom is -0.497 e. The van der Waals surface area contributed by atoms with Crippen molar-refractivity contribution in [2.24, 2.45) is 0 Å². The zero-order valence-corrected chi connectivity index (χ0v) is 18.9. The highest BCUT2D eigenvalue weighted by Gasteiger charge is 2.30. The maximum Gasteiger partial charge on any atom is 0.232 e. The highest BCUT2D eigenvalue weighted by molar-refractivity contribution is 6.30. The lowest BCUT2D eigenvalue weighted by molar-refractivity contribution is -0.0175. The lowest BCUT2D eigenvalue weighted by atomic mass is 10.0. The van der Waals surface area contributed by atoms with Crippen molar-refractivity contribution in [2.45, 2.75) is 20.1 Å². The minimum absolute atomic E-state index is 0.158. The van der Waals surface area contributed by atoms with Gasteiger partial charge in [0.05, 0.1) is 19.3 Å². The van der Waals surface area contributed by atoms with Gasteiger partial charge in [0, 0.05) is 22.2 Å². The number of benzene rings is 3. The fraction of sp³-hybridized carbons (Fsp3) is 0.192. The molecular formula is C26H21ClO6. The summed E-state index contributed by atoms with van der Waals surface area (Å²) in [7, 11) is 1.60. The van der Waals surface area contributed by atoms with Crippen molar-refractivity contribution >= 4 is 23.5 Å². The molecule has 33 heavy (non-hydrogen) atoms. The molecule has 0 amide bonds. The van der Waals surface area contributed by atoms with E-state index in [2.05, 4.69) is 0 Å². The van der Waals surface area contributed by atoms with Crippen LogP contribution in [0.1, 0.15) is 32.6 Å². The Balaban J connectivity index is 1.38. The maximum absolute atomic E-state index is 13.0. The van der Waals surface area contributed by atoms with E-state index in [0.717, 1.165) is 28.0 Å². The van der Waals surface area contributed by atoms with E-state index in [1.807, 2.05) is 49.4 Å². The highest BCUT2D eigenvalue weighted by atomic mass is 35.5. The van der Waals surface area contributed by atoms with Crippen LogP contribution >= 0.6 is 11.6 Å². The van der Waals surface area contributed by atoms with Crippen LogP contribution < -0.4 is 18.9 Å². The van der Waals surface area contributed by atoms with Gasteiger partial charge in [-0.2, -0.15) is 0 Å². The van der Waals surface area contributed by atoms with E-state index in [1.165, 1.54) is 0 Å². The summed E-state index contributed by atoms with van der Waals surface area (Å²) < 4.78 is 28.2. The number of ether oxygens (including phenoxy) is 5. The molecule has 0 saturated heterocycles. The Hall–Kier alpha value is -3.48. The standard InChI is InChI=1S/C26H21ClO6/c1-15-6-21(31-13-18-10-19(27)9-17-12-30-14-32-26(17)18)11-22-24(15)25(28)23(33-22)8-16-4-3-5-20(7-16)29-2/h3-11H,12-14H2,1-2H3/b23-8-. The van der Waals surface area contributed by atoms with Gasteiger partial charge in [-0.15, -0.1) is 0 Å². The summed E-state index contributed by atoms with van der Waals surface area (Å²) in [4.78, 5) is 13.0. The minimum atomic E-state index is -0.158. The summed E-state index contributed by atoms with van der Waals surface area (Å²) in [5.41, 5.74) is 3.85. The summed E-state index contributed by atoms with van der Waals surface area (Å²) in [5.74, 6) is 2.60. The van der Waals surface area contributed by atoms with Crippen LogP contribution in [0, 0.1) is 6.92 Å². The summed E-state index contributed by atoms with van der Waals surface area (Å²) in [6.07, 6.45) is 1.71. The second kappa shape index (κ2) is 8.81. The molecule has 0 radical (unpaired) electrons. The molecule has 0 bridgehead atoms. The second-order valence-corrected chi connectivity index (χ2v) is 8.22. The molecule has 2 aliphatic rings. The van der Waals surface area contributed by atoms with E-state index < -0.39 is 0 Å². The number of Topliss-reactive ketones (excluding diaryl/α,β-unsaturated/α-hetero) is 1. The van der Waals surface area contributed by atoms with E-state index in [1.54, 1.807) is 19.3 Å². The van der Waals surface area contributed by atoms with Gasteiger partial charge in [0.2, 0.25) is 5.78 Å². The summed E-state index contributed by atoms with van der Waals surface area (Å²) in [6, 6.07) is 14.6. The lowest BCUT2D eigenvalue weighted by Crippen LogP contribution is -2.14. The number of allylic oxidation sites excluding steroid dienone is 1. The summed E-state index contributed by atoms with van der Waals surface area (Å²) >= 11 is 6.24. The van der Waals surface area contributed by atoms with Gasteiger partial charge >= 0.3 is 0 Å². The topological polar surface area (TPSA) is 63.2 Å². The third-order valence-electron chi connectivity index (χ3n) is 5.48. The molecule has 0 aromatic heterocycles. The van der Waals surface area contributed by atoms with Gasteiger partial charge < -0.3 is 23.7 Å². The van der Waals surface area contributed by atoms with Crippen molar-refractivity contribution in [2.75, 3.05) is 13.9 Å². The van der Waals surface area contributed by atoms with E-state index >= 15 is 0 Å². The molecule has 168 valence electrons. The number of carbonyl (C=O) groups is 1. The van der Waals surface area contributed by atoms with Gasteiger partial charge in [-0.05, 0) is 54.5 Å². The summed E-state index contributed by atoms with van der Waals surface area (Å²) in [5, 5.41) is 0.591. The Kier molecular flexibility index (Phi) is 5.70. The number of hydrogen-bond acceptors (Lipinski definition) is 6. The molecule has 0 unspecified atom stereocenters. The quantitative estimate of drug-likeness (QED) is 0.450. The van der Waals surface area contributed by atoms with Crippen LogP contribution in [-0.4, -0.2) is 19.7 Å². The van der Waals surface area contributed by atoms with Crippen LogP contribution in [0.5, 0.6) is 23.0 Å². The predicted octanol–water partition coefficient (Wildman–Crippen LogP) is 5.72. The molecule has 0 N–H and O–H groups in total. The molecule has 0 spiro atoms. The smallest absolute Gasteiger partial charge is 0.232 e. The van der Waals surface area contributed by atoms with Crippen molar-refractivity contribution in [3.05, 3.63) is 87.1 Å². The van der Waals surface area contributed by atoms with Crippen LogP contribution in [0.3, 0.4) is 0 Å². The van der Waals surface area contributed by atoms with Crippen molar-refractivity contribution in [1.29, 1.82) is 0 Å². The van der Waals surface area contributed by atoms with E-state index in [9.17, 15) is 4.79 Å². The van der Waals surface area contributed by atoms with Crippen molar-refractivity contribution < 1.29 is 28.5 Å². The van der Waals surface area contributed by atoms with Crippen LogP contribution in [0.2, 0.25) is 5.02 Å². The van der Waals surface area contributed by atoms with E-state index in [4.69, 9.17) is 35.3 Å². The molecule has 3 aromatic rings. The van der Waals surface area contributed by atoms with Crippen molar-refractivity contribution in [1.82, 2.24) is 0 Å². The predicted molar refractivity (Wildman–Crippen MR) is 123 cm³/mol. The molecule has 3 aromatic carbocycles. The lowest BCUT2D eigenvalue weighted by Gasteiger charge is -2.21. The normalized spacial score (nSPS) is 15.5. The van der Waals surface area contributed by atoms with Gasteiger partial charge in [-0.3, -0.25) is 4.79 Å². The van der Waals surface area contributed by atoms with E-state index in [0.29, 0.717) is 34.4 Å². The zero-order valence-electron chi connectivity index (χ0n) is 18.1. The number of fused-ring (bicyclic) bond motifs is 2. The average molecular weight is 465 g/mol. The molecule has 6 nitrogen and oxygen atoms in total. The Morgan fingerprint density at radius 2 is 2.00 bits per heavy atom. The Morgan fingerprint density at radius 3 is 2.85 bits per heavy atom. The van der Waals surface area contributed by atoms with E-state index in [-0.39, 0.29) is 24.9 Å². The average Bonchev–Trinajstić information content (AvgIpc) is 3.12. The molecule has 0 fully saturated rings. The van der Waals surface area contributed by atoms with Crippen LogP contribution in [-0.2, 0) is 18.0 Å². The first kappa shape index (κ1) is 21.4. The number of aryl methyl sites for hydroxylation is 1. The van der Waals surface area contributed by atoms with Crippen molar-refractivity contribution in [3.8, 4) is 23.0 Å². The number of rotatable bonds is 5. The molecular weight excluding hydrogens is 444 g/mol. The molecule has 0 atom stereocenters. The Labute approximate surface area is 196 Å². The van der Waals surface area contributed by atoms with Crippen molar-refractivity contribution in [3.63, 3.8) is 0 Å². The Bertz CT molecular complexity index is 1280. The third kappa shape index (κ3) is 4.27. The molecule has 2 heterocycles. The molecule has 0 aliphatic carbocycles. The first-order valence-corrected chi connectivity index (χ1v) is 10.8. The highest BCUT2D eigenvalue weighted by Crippen LogP contribution is 2.38. The number of halogens is 1. The second-order valence-electron chi connectivity index (χ2n) is 7.78. The third-order valence-corrected chi connectivity index (χ3v) is 5.70. The van der Waals surface area contributed by atoms with Gasteiger partial charge in [-0.25, -0.2) is 0 Å². The van der Waals surface area contributed by atoms with Crippen LogP contribution in [0.25, 0.3) is 6.08 Å².